The van der Waals surface area contributed by atoms with Crippen molar-refractivity contribution < 1.29 is 0 Å². The van der Waals surface area contributed by atoms with Crippen molar-refractivity contribution in [3.63, 3.8) is 0 Å². The van der Waals surface area contributed by atoms with E-state index >= 15 is 0 Å². The molecule has 0 saturated heterocycles. The summed E-state index contributed by atoms with van der Waals surface area (Å²) < 4.78 is 0. The third-order valence-electron chi connectivity index (χ3n) is 3.02. The Balaban J connectivity index is 0.000000261. The van der Waals surface area contributed by atoms with Gasteiger partial charge in [-0.3, -0.25) is 0 Å². The summed E-state index contributed by atoms with van der Waals surface area (Å²) in [5, 5.41) is 0. The topological polar surface area (TPSA) is 0 Å². The van der Waals surface area contributed by atoms with Crippen molar-refractivity contribution in [1.29, 1.82) is 0 Å². The third-order valence-corrected chi connectivity index (χ3v) is 3.02. The molecule has 0 aromatic carbocycles. The van der Waals surface area contributed by atoms with Crippen LogP contribution in [0.5, 0.6) is 0 Å². The van der Waals surface area contributed by atoms with E-state index in [1.165, 1.54) is 25.7 Å². The number of hydrogen-bond donors (Lipinski definition) is 0. The molecule has 0 radical (unpaired) electrons. The third kappa shape index (κ3) is 4.79. The summed E-state index contributed by atoms with van der Waals surface area (Å²) in [5.74, 6) is 2.98. The lowest BCUT2D eigenvalue weighted by molar-refractivity contribution is 0.457. The first-order valence-corrected chi connectivity index (χ1v) is 5.61. The predicted octanol–water partition coefficient (Wildman–Crippen LogP) is 4.49. The minimum absolute atomic E-state index is 0.991. The largest absolute Gasteiger partial charge is 0.0654 e. The molecule has 1 fully saturated rings. The van der Waals surface area contributed by atoms with Crippen LogP contribution in [0.15, 0.2) is 0 Å². The molecule has 12 heavy (non-hydrogen) atoms. The van der Waals surface area contributed by atoms with Crippen LogP contribution < -0.4 is 0 Å². The summed E-state index contributed by atoms with van der Waals surface area (Å²) in [6.07, 6.45) is 5.56. The van der Waals surface area contributed by atoms with E-state index < -0.39 is 0 Å². The van der Waals surface area contributed by atoms with Crippen molar-refractivity contribution in [2.75, 3.05) is 0 Å². The second kappa shape index (κ2) is 6.51. The SMILES string of the molecule is CC1CC(C)C(C)C1.CCCC. The zero-order valence-corrected chi connectivity index (χ0v) is 9.56. The van der Waals surface area contributed by atoms with E-state index in [4.69, 9.17) is 0 Å². The predicted molar refractivity (Wildman–Crippen MR) is 57.3 cm³/mol. The van der Waals surface area contributed by atoms with Gasteiger partial charge in [-0.15, -0.1) is 0 Å². The molecule has 0 aromatic heterocycles. The maximum absolute atomic E-state index is 2.37. The summed E-state index contributed by atoms with van der Waals surface area (Å²) in [5.41, 5.74) is 0. The van der Waals surface area contributed by atoms with E-state index in [2.05, 4.69) is 34.6 Å². The van der Waals surface area contributed by atoms with Gasteiger partial charge in [0.15, 0.2) is 0 Å². The fourth-order valence-corrected chi connectivity index (χ4v) is 1.83. The van der Waals surface area contributed by atoms with E-state index in [-0.39, 0.29) is 0 Å². The fourth-order valence-electron chi connectivity index (χ4n) is 1.83. The minimum atomic E-state index is 0.991. The zero-order chi connectivity index (χ0) is 9.56. The highest BCUT2D eigenvalue weighted by Gasteiger charge is 2.24. The lowest BCUT2D eigenvalue weighted by atomic mass is 10.0. The van der Waals surface area contributed by atoms with E-state index in [0.717, 1.165) is 17.8 Å². The van der Waals surface area contributed by atoms with Crippen molar-refractivity contribution in [2.24, 2.45) is 17.8 Å². The molecule has 1 rings (SSSR count). The Morgan fingerprint density at radius 2 is 1.17 bits per heavy atom. The zero-order valence-electron chi connectivity index (χ0n) is 9.56. The lowest BCUT2D eigenvalue weighted by Crippen LogP contribution is -1.95. The molecule has 0 amide bonds. The second-order valence-corrected chi connectivity index (χ2v) is 4.53. The maximum Gasteiger partial charge on any atom is -0.0414 e. The molecular formula is C12H26. The van der Waals surface area contributed by atoms with Gasteiger partial charge >= 0.3 is 0 Å². The van der Waals surface area contributed by atoms with Crippen molar-refractivity contribution >= 4 is 0 Å². The van der Waals surface area contributed by atoms with Crippen LogP contribution in [0.1, 0.15) is 60.3 Å². The van der Waals surface area contributed by atoms with Crippen LogP contribution in [0.4, 0.5) is 0 Å². The average Bonchev–Trinajstić information content (AvgIpc) is 2.30. The monoisotopic (exact) mass is 170 g/mol. The van der Waals surface area contributed by atoms with Crippen LogP contribution in [0.3, 0.4) is 0 Å². The molecule has 0 heteroatoms. The normalized spacial score (nSPS) is 34.2. The highest BCUT2D eigenvalue weighted by molar-refractivity contribution is 4.74. The van der Waals surface area contributed by atoms with Crippen molar-refractivity contribution in [2.45, 2.75) is 60.3 Å². The Labute approximate surface area is 78.8 Å². The van der Waals surface area contributed by atoms with Crippen LogP contribution in [0, 0.1) is 17.8 Å². The molecule has 0 nitrogen and oxygen atoms in total. The van der Waals surface area contributed by atoms with E-state index in [1.807, 2.05) is 0 Å². The van der Waals surface area contributed by atoms with Gasteiger partial charge in [0.25, 0.3) is 0 Å². The van der Waals surface area contributed by atoms with Gasteiger partial charge in [-0.05, 0) is 30.6 Å². The maximum atomic E-state index is 2.37. The lowest BCUT2D eigenvalue weighted by Gasteiger charge is -2.04. The molecular weight excluding hydrogens is 144 g/mol. The first kappa shape index (κ1) is 12.0. The average molecular weight is 170 g/mol. The summed E-state index contributed by atoms with van der Waals surface area (Å²) in [6.45, 7) is 11.5. The van der Waals surface area contributed by atoms with E-state index in [1.54, 1.807) is 0 Å². The first-order chi connectivity index (χ1) is 5.61. The smallest absolute Gasteiger partial charge is 0.0414 e. The van der Waals surface area contributed by atoms with E-state index in [0.29, 0.717) is 0 Å². The molecule has 0 spiro atoms. The molecule has 0 heterocycles. The number of hydrogen-bond acceptors (Lipinski definition) is 0. The Morgan fingerprint density at radius 1 is 0.833 bits per heavy atom. The Bertz CT molecular complexity index is 84.2. The summed E-state index contributed by atoms with van der Waals surface area (Å²) in [4.78, 5) is 0. The van der Waals surface area contributed by atoms with Crippen LogP contribution in [-0.2, 0) is 0 Å². The number of unbranched alkanes of at least 4 members (excludes halogenated alkanes) is 1. The van der Waals surface area contributed by atoms with Gasteiger partial charge in [0, 0.05) is 0 Å². The second-order valence-electron chi connectivity index (χ2n) is 4.53. The number of rotatable bonds is 1. The van der Waals surface area contributed by atoms with Gasteiger partial charge in [-0.25, -0.2) is 0 Å². The summed E-state index contributed by atoms with van der Waals surface area (Å²) in [7, 11) is 0. The van der Waals surface area contributed by atoms with E-state index in [9.17, 15) is 0 Å². The van der Waals surface area contributed by atoms with Crippen molar-refractivity contribution in [3.8, 4) is 0 Å². The van der Waals surface area contributed by atoms with Crippen LogP contribution >= 0.6 is 0 Å². The first-order valence-electron chi connectivity index (χ1n) is 5.61. The molecule has 0 bridgehead atoms. The van der Waals surface area contributed by atoms with Crippen LogP contribution in [0.25, 0.3) is 0 Å². The molecule has 2 atom stereocenters. The van der Waals surface area contributed by atoms with Gasteiger partial charge in [-0.2, -0.15) is 0 Å². The Kier molecular flexibility index (Phi) is 6.51. The molecule has 74 valence electrons. The molecule has 1 aliphatic rings. The Hall–Kier alpha value is 0. The standard InChI is InChI=1S/C8H16.C4H10/c1-6-4-7(2)8(3)5-6;1-3-4-2/h6-8H,4-5H2,1-3H3;3-4H2,1-2H3. The van der Waals surface area contributed by atoms with Gasteiger partial charge in [0.2, 0.25) is 0 Å². The quantitative estimate of drug-likeness (QED) is 0.543. The molecule has 0 N–H and O–H groups in total. The van der Waals surface area contributed by atoms with Crippen molar-refractivity contribution in [1.82, 2.24) is 0 Å². The molecule has 1 saturated carbocycles. The molecule has 1 aliphatic carbocycles. The Morgan fingerprint density at radius 3 is 1.25 bits per heavy atom. The van der Waals surface area contributed by atoms with Crippen molar-refractivity contribution in [3.05, 3.63) is 0 Å². The van der Waals surface area contributed by atoms with Gasteiger partial charge in [0.05, 0.1) is 0 Å². The van der Waals surface area contributed by atoms with Crippen LogP contribution in [0.2, 0.25) is 0 Å². The van der Waals surface area contributed by atoms with Gasteiger partial charge in [-0.1, -0.05) is 47.5 Å². The molecule has 0 aromatic rings. The van der Waals surface area contributed by atoms with Gasteiger partial charge in [0.1, 0.15) is 0 Å². The summed E-state index contributed by atoms with van der Waals surface area (Å²) in [6, 6.07) is 0. The fraction of sp³-hybridized carbons (Fsp3) is 1.00. The van der Waals surface area contributed by atoms with Gasteiger partial charge < -0.3 is 0 Å². The highest BCUT2D eigenvalue weighted by atomic mass is 14.3. The van der Waals surface area contributed by atoms with Crippen LogP contribution in [-0.4, -0.2) is 0 Å². The minimum Gasteiger partial charge on any atom is -0.0654 e. The molecule has 0 aliphatic heterocycles. The summed E-state index contributed by atoms with van der Waals surface area (Å²) >= 11 is 0. The molecule has 2 unspecified atom stereocenters. The highest BCUT2D eigenvalue weighted by Crippen LogP contribution is 2.34.